The quantitative estimate of drug-likeness (QED) is 0.611. The molecule has 0 heterocycles. The van der Waals surface area contributed by atoms with Crippen LogP contribution >= 0.6 is 11.6 Å². The second kappa shape index (κ2) is 8.65. The second-order valence-corrected chi connectivity index (χ2v) is 6.61. The Labute approximate surface area is 159 Å². The van der Waals surface area contributed by atoms with E-state index in [2.05, 4.69) is 17.6 Å². The molecule has 0 radical (unpaired) electrons. The van der Waals surface area contributed by atoms with Crippen molar-refractivity contribution < 1.29 is 4.79 Å². The summed E-state index contributed by atoms with van der Waals surface area (Å²) in [6, 6.07) is 25.2. The van der Waals surface area contributed by atoms with Crippen molar-refractivity contribution in [1.82, 2.24) is 5.32 Å². The third-order valence-electron chi connectivity index (χ3n) is 4.23. The Balaban J connectivity index is 1.55. The van der Waals surface area contributed by atoms with Gasteiger partial charge >= 0.3 is 0 Å². The average Bonchev–Trinajstić information content (AvgIpc) is 2.68. The molecular formula is C22H21ClN2O. The maximum atomic E-state index is 12.3. The highest BCUT2D eigenvalue weighted by atomic mass is 35.5. The van der Waals surface area contributed by atoms with Crippen LogP contribution in [0.5, 0.6) is 0 Å². The summed E-state index contributed by atoms with van der Waals surface area (Å²) in [5.74, 6) is -0.106. The zero-order valence-electron chi connectivity index (χ0n) is 14.6. The van der Waals surface area contributed by atoms with Gasteiger partial charge in [-0.3, -0.25) is 4.79 Å². The Bertz CT molecular complexity index is 846. The molecule has 4 heteroatoms. The van der Waals surface area contributed by atoms with Crippen molar-refractivity contribution in [3.63, 3.8) is 0 Å². The highest BCUT2D eigenvalue weighted by molar-refractivity contribution is 6.30. The summed E-state index contributed by atoms with van der Waals surface area (Å²) in [4.78, 5) is 12.3. The largest absolute Gasteiger partial charge is 0.322 e. The first-order chi connectivity index (χ1) is 12.6. The van der Waals surface area contributed by atoms with Crippen LogP contribution in [0.4, 0.5) is 5.69 Å². The normalized spacial score (nSPS) is 11.8. The molecule has 2 N–H and O–H groups in total. The lowest BCUT2D eigenvalue weighted by atomic mass is 10.1. The third-order valence-corrected chi connectivity index (χ3v) is 4.48. The van der Waals surface area contributed by atoms with Crippen LogP contribution in [0.15, 0.2) is 78.9 Å². The first kappa shape index (κ1) is 18.2. The summed E-state index contributed by atoms with van der Waals surface area (Å²) in [6.45, 7) is 2.84. The van der Waals surface area contributed by atoms with Crippen molar-refractivity contribution in [3.05, 3.63) is 101 Å². The zero-order chi connectivity index (χ0) is 18.4. The number of anilines is 1. The van der Waals surface area contributed by atoms with E-state index in [1.54, 1.807) is 0 Å². The van der Waals surface area contributed by atoms with Gasteiger partial charge in [0.1, 0.15) is 0 Å². The number of hydrogen-bond acceptors (Lipinski definition) is 2. The molecule has 0 aliphatic carbocycles. The van der Waals surface area contributed by atoms with E-state index >= 15 is 0 Å². The smallest absolute Gasteiger partial charge is 0.255 e. The topological polar surface area (TPSA) is 41.1 Å². The van der Waals surface area contributed by atoms with Gasteiger partial charge in [0, 0.05) is 28.9 Å². The lowest BCUT2D eigenvalue weighted by molar-refractivity contribution is 0.102. The van der Waals surface area contributed by atoms with Gasteiger partial charge in [-0.2, -0.15) is 0 Å². The van der Waals surface area contributed by atoms with E-state index in [9.17, 15) is 4.79 Å². The number of carbonyl (C=O) groups excluding carboxylic acids is 1. The fourth-order valence-electron chi connectivity index (χ4n) is 2.64. The second-order valence-electron chi connectivity index (χ2n) is 6.17. The average molecular weight is 365 g/mol. The standard InChI is InChI=1S/C22H21ClN2O/c1-16(18-11-13-20(23)14-12-18)24-15-17-7-9-19(10-8-17)22(26)25-21-5-3-2-4-6-21/h2-14,16,24H,15H2,1H3,(H,25,26)/t16-/m1/s1. The van der Waals surface area contributed by atoms with Gasteiger partial charge in [-0.1, -0.05) is 54.1 Å². The van der Waals surface area contributed by atoms with E-state index in [4.69, 9.17) is 11.6 Å². The molecule has 3 aromatic rings. The number of rotatable bonds is 6. The number of hydrogen-bond donors (Lipinski definition) is 2. The van der Waals surface area contributed by atoms with E-state index < -0.39 is 0 Å². The molecule has 1 amide bonds. The lowest BCUT2D eigenvalue weighted by Gasteiger charge is -2.14. The van der Waals surface area contributed by atoms with Crippen LogP contribution in [-0.2, 0) is 6.54 Å². The fraction of sp³-hybridized carbons (Fsp3) is 0.136. The van der Waals surface area contributed by atoms with Crippen LogP contribution in [0.25, 0.3) is 0 Å². The molecule has 3 nitrogen and oxygen atoms in total. The van der Waals surface area contributed by atoms with Crippen molar-refractivity contribution >= 4 is 23.2 Å². The predicted octanol–water partition coefficient (Wildman–Crippen LogP) is 5.44. The minimum atomic E-state index is -0.106. The molecule has 0 aliphatic heterocycles. The summed E-state index contributed by atoms with van der Waals surface area (Å²) in [5, 5.41) is 7.11. The molecule has 3 rings (SSSR count). The van der Waals surface area contributed by atoms with Gasteiger partial charge in [0.25, 0.3) is 5.91 Å². The minimum absolute atomic E-state index is 0.106. The maximum absolute atomic E-state index is 12.3. The van der Waals surface area contributed by atoms with Crippen molar-refractivity contribution in [3.8, 4) is 0 Å². The minimum Gasteiger partial charge on any atom is -0.322 e. The number of amides is 1. The van der Waals surface area contributed by atoms with Gasteiger partial charge in [-0.05, 0) is 54.4 Å². The number of halogens is 1. The van der Waals surface area contributed by atoms with Crippen LogP contribution in [0.1, 0.15) is 34.5 Å². The first-order valence-corrected chi connectivity index (χ1v) is 8.94. The molecule has 3 aromatic carbocycles. The number of nitrogens with one attached hydrogen (secondary N) is 2. The fourth-order valence-corrected chi connectivity index (χ4v) is 2.76. The number of carbonyl (C=O) groups is 1. The Hall–Kier alpha value is -2.62. The molecule has 0 saturated carbocycles. The molecule has 132 valence electrons. The molecule has 1 atom stereocenters. The zero-order valence-corrected chi connectivity index (χ0v) is 15.3. The third kappa shape index (κ3) is 4.94. The molecule has 0 aromatic heterocycles. The summed E-state index contributed by atoms with van der Waals surface area (Å²) in [5.41, 5.74) is 3.75. The molecule has 0 saturated heterocycles. The Morgan fingerprint density at radius 2 is 1.58 bits per heavy atom. The van der Waals surface area contributed by atoms with Gasteiger partial charge in [-0.15, -0.1) is 0 Å². The summed E-state index contributed by atoms with van der Waals surface area (Å²) >= 11 is 5.93. The molecule has 26 heavy (non-hydrogen) atoms. The van der Waals surface area contributed by atoms with Crippen molar-refractivity contribution in [2.24, 2.45) is 0 Å². The van der Waals surface area contributed by atoms with E-state index in [-0.39, 0.29) is 11.9 Å². The van der Waals surface area contributed by atoms with E-state index in [0.717, 1.165) is 22.8 Å². The molecule has 0 bridgehead atoms. The lowest BCUT2D eigenvalue weighted by Crippen LogP contribution is -2.18. The molecule has 0 unspecified atom stereocenters. The molecule has 0 spiro atoms. The summed E-state index contributed by atoms with van der Waals surface area (Å²) in [7, 11) is 0. The highest BCUT2D eigenvalue weighted by Gasteiger charge is 2.07. The van der Waals surface area contributed by atoms with Crippen molar-refractivity contribution in [2.45, 2.75) is 19.5 Å². The highest BCUT2D eigenvalue weighted by Crippen LogP contribution is 2.17. The van der Waals surface area contributed by atoms with Crippen LogP contribution in [0.2, 0.25) is 5.02 Å². The summed E-state index contributed by atoms with van der Waals surface area (Å²) in [6.07, 6.45) is 0. The van der Waals surface area contributed by atoms with Crippen LogP contribution in [-0.4, -0.2) is 5.91 Å². The monoisotopic (exact) mass is 364 g/mol. The van der Waals surface area contributed by atoms with Gasteiger partial charge in [0.15, 0.2) is 0 Å². The first-order valence-electron chi connectivity index (χ1n) is 8.56. The van der Waals surface area contributed by atoms with E-state index in [0.29, 0.717) is 5.56 Å². The van der Waals surface area contributed by atoms with Crippen LogP contribution < -0.4 is 10.6 Å². The van der Waals surface area contributed by atoms with Gasteiger partial charge in [0.2, 0.25) is 0 Å². The van der Waals surface area contributed by atoms with Crippen LogP contribution in [0, 0.1) is 0 Å². The Morgan fingerprint density at radius 3 is 2.23 bits per heavy atom. The van der Waals surface area contributed by atoms with E-state index in [1.807, 2.05) is 78.9 Å². The maximum Gasteiger partial charge on any atom is 0.255 e. The Morgan fingerprint density at radius 1 is 0.923 bits per heavy atom. The Kier molecular flexibility index (Phi) is 6.05. The van der Waals surface area contributed by atoms with Gasteiger partial charge < -0.3 is 10.6 Å². The van der Waals surface area contributed by atoms with Gasteiger partial charge in [0.05, 0.1) is 0 Å². The van der Waals surface area contributed by atoms with E-state index in [1.165, 1.54) is 5.56 Å². The summed E-state index contributed by atoms with van der Waals surface area (Å²) < 4.78 is 0. The van der Waals surface area contributed by atoms with Crippen molar-refractivity contribution in [2.75, 3.05) is 5.32 Å². The molecule has 0 fully saturated rings. The van der Waals surface area contributed by atoms with Crippen LogP contribution in [0.3, 0.4) is 0 Å². The molecule has 0 aliphatic rings. The SMILES string of the molecule is C[C@@H](NCc1ccc(C(=O)Nc2ccccc2)cc1)c1ccc(Cl)cc1. The molecular weight excluding hydrogens is 344 g/mol. The number of para-hydroxylation sites is 1. The number of benzene rings is 3. The van der Waals surface area contributed by atoms with Crippen molar-refractivity contribution in [1.29, 1.82) is 0 Å². The predicted molar refractivity (Wildman–Crippen MR) is 108 cm³/mol. The van der Waals surface area contributed by atoms with Gasteiger partial charge in [-0.25, -0.2) is 0 Å².